The van der Waals surface area contributed by atoms with Crippen molar-refractivity contribution >= 4 is 29.3 Å². The molecule has 30 heavy (non-hydrogen) atoms. The molecule has 4 rings (SSSR count). The van der Waals surface area contributed by atoms with E-state index in [1.807, 2.05) is 31.2 Å². The van der Waals surface area contributed by atoms with Crippen LogP contribution < -0.4 is 15.0 Å². The topological polar surface area (TPSA) is 71.5 Å². The number of pyridine rings is 1. The molecule has 2 heterocycles. The Morgan fingerprint density at radius 2 is 2.00 bits per heavy atom. The van der Waals surface area contributed by atoms with Crippen molar-refractivity contribution in [2.24, 2.45) is 0 Å². The first kappa shape index (κ1) is 20.0. The first-order valence-corrected chi connectivity index (χ1v) is 10.4. The van der Waals surface area contributed by atoms with Gasteiger partial charge in [-0.2, -0.15) is 0 Å². The summed E-state index contributed by atoms with van der Waals surface area (Å²) >= 11 is 1.47. The van der Waals surface area contributed by atoms with Crippen molar-refractivity contribution in [2.45, 2.75) is 23.4 Å². The zero-order chi connectivity index (χ0) is 21.1. The van der Waals surface area contributed by atoms with E-state index in [1.54, 1.807) is 48.5 Å². The molecule has 6 nitrogen and oxygen atoms in total. The highest BCUT2D eigenvalue weighted by Gasteiger charge is 2.27. The first-order chi connectivity index (χ1) is 14.6. The van der Waals surface area contributed by atoms with Crippen molar-refractivity contribution in [2.75, 3.05) is 18.6 Å². The number of amides is 2. The van der Waals surface area contributed by atoms with Crippen molar-refractivity contribution in [3.63, 3.8) is 0 Å². The van der Waals surface area contributed by atoms with Gasteiger partial charge in [0.1, 0.15) is 10.8 Å². The summed E-state index contributed by atoms with van der Waals surface area (Å²) in [6, 6.07) is 16.6. The summed E-state index contributed by atoms with van der Waals surface area (Å²) < 4.78 is 5.27. The van der Waals surface area contributed by atoms with Gasteiger partial charge in [0.05, 0.1) is 23.9 Å². The Labute approximate surface area is 179 Å². The third-order valence-corrected chi connectivity index (χ3v) is 5.95. The summed E-state index contributed by atoms with van der Waals surface area (Å²) in [4.78, 5) is 32.6. The lowest BCUT2D eigenvalue weighted by Gasteiger charge is -2.21. The van der Waals surface area contributed by atoms with Gasteiger partial charge in [-0.3, -0.25) is 9.59 Å². The first-order valence-electron chi connectivity index (χ1n) is 9.61. The fraction of sp³-hybridized carbons (Fsp3) is 0.174. The monoisotopic (exact) mass is 419 g/mol. The average molecular weight is 420 g/mol. The molecule has 0 saturated heterocycles. The number of carbonyl (C=O) groups excluding carboxylic acids is 2. The summed E-state index contributed by atoms with van der Waals surface area (Å²) in [7, 11) is 1.54. The van der Waals surface area contributed by atoms with Crippen LogP contribution in [0, 0.1) is 0 Å². The van der Waals surface area contributed by atoms with Gasteiger partial charge >= 0.3 is 0 Å². The van der Waals surface area contributed by atoms with Gasteiger partial charge in [-0.1, -0.05) is 30.0 Å². The Morgan fingerprint density at radius 3 is 2.80 bits per heavy atom. The number of nitrogens with zero attached hydrogens (tertiary/aromatic N) is 2. The number of nitrogens with one attached hydrogen (secondary N) is 1. The molecule has 2 aromatic carbocycles. The second kappa shape index (κ2) is 8.59. The predicted octanol–water partition coefficient (Wildman–Crippen LogP) is 4.15. The molecule has 1 N–H and O–H groups in total. The molecular formula is C23H21N3O3S. The van der Waals surface area contributed by atoms with Crippen LogP contribution in [0.1, 0.15) is 33.2 Å². The highest BCUT2D eigenvalue weighted by atomic mass is 32.2. The van der Waals surface area contributed by atoms with Crippen LogP contribution in [0.2, 0.25) is 0 Å². The summed E-state index contributed by atoms with van der Waals surface area (Å²) in [6.07, 6.45) is 1.69. The number of carbonyl (C=O) groups is 2. The second-order valence-corrected chi connectivity index (χ2v) is 7.72. The minimum Gasteiger partial charge on any atom is -0.496 e. The van der Waals surface area contributed by atoms with E-state index in [-0.39, 0.29) is 11.8 Å². The summed E-state index contributed by atoms with van der Waals surface area (Å²) in [5, 5.41) is 3.63. The molecule has 2 amide bonds. The van der Waals surface area contributed by atoms with Crippen LogP contribution in [0.15, 0.2) is 70.7 Å². The molecule has 0 fully saturated rings. The van der Waals surface area contributed by atoms with Gasteiger partial charge in [-0.05, 0) is 48.9 Å². The maximum atomic E-state index is 13.0. The lowest BCUT2D eigenvalue weighted by atomic mass is 10.1. The Hall–Kier alpha value is -3.32. The van der Waals surface area contributed by atoms with Crippen molar-refractivity contribution in [3.8, 4) is 5.75 Å². The molecule has 1 aliphatic heterocycles. The van der Waals surface area contributed by atoms with Crippen molar-refractivity contribution in [3.05, 3.63) is 77.5 Å². The Balaban J connectivity index is 1.59. The van der Waals surface area contributed by atoms with E-state index in [0.29, 0.717) is 35.0 Å². The molecule has 0 atom stereocenters. The molecule has 0 spiro atoms. The van der Waals surface area contributed by atoms with Gasteiger partial charge in [0, 0.05) is 24.2 Å². The highest BCUT2D eigenvalue weighted by Crippen LogP contribution is 2.40. The minimum atomic E-state index is -0.201. The average Bonchev–Trinajstić information content (AvgIpc) is 2.90. The van der Waals surface area contributed by atoms with Gasteiger partial charge < -0.3 is 15.0 Å². The Bertz CT molecular complexity index is 1120. The fourth-order valence-corrected chi connectivity index (χ4v) is 4.47. The van der Waals surface area contributed by atoms with Crippen LogP contribution in [0.3, 0.4) is 0 Å². The summed E-state index contributed by atoms with van der Waals surface area (Å²) in [5.74, 6) is 0.281. The molecule has 0 bridgehead atoms. The van der Waals surface area contributed by atoms with E-state index >= 15 is 0 Å². The van der Waals surface area contributed by atoms with Crippen LogP contribution >= 0.6 is 11.8 Å². The van der Waals surface area contributed by atoms with Crippen LogP contribution in [0.5, 0.6) is 5.75 Å². The molecule has 1 aliphatic rings. The third kappa shape index (κ3) is 3.76. The normalized spacial score (nSPS) is 12.6. The van der Waals surface area contributed by atoms with Crippen LogP contribution in [0.25, 0.3) is 0 Å². The summed E-state index contributed by atoms with van der Waals surface area (Å²) in [5.41, 5.74) is 2.88. The van der Waals surface area contributed by atoms with E-state index in [9.17, 15) is 9.59 Å². The number of ether oxygens (including phenoxy) is 1. The maximum absolute atomic E-state index is 13.0. The number of fused-ring (bicyclic) bond motifs is 2. The molecule has 0 aliphatic carbocycles. The Morgan fingerprint density at radius 1 is 1.17 bits per heavy atom. The largest absolute Gasteiger partial charge is 0.496 e. The third-order valence-electron chi connectivity index (χ3n) is 4.89. The van der Waals surface area contributed by atoms with Crippen LogP contribution in [-0.4, -0.2) is 30.5 Å². The number of methoxy groups -OCH3 is 1. The molecule has 0 radical (unpaired) electrons. The van der Waals surface area contributed by atoms with Gasteiger partial charge in [0.15, 0.2) is 0 Å². The molecule has 1 aromatic heterocycles. The zero-order valence-electron chi connectivity index (χ0n) is 16.7. The molecule has 0 unspecified atom stereocenters. The molecule has 3 aromatic rings. The Kier molecular flexibility index (Phi) is 5.72. The van der Waals surface area contributed by atoms with E-state index in [2.05, 4.69) is 10.3 Å². The van der Waals surface area contributed by atoms with Crippen LogP contribution in [-0.2, 0) is 6.54 Å². The number of hydrogen-bond donors (Lipinski definition) is 1. The van der Waals surface area contributed by atoms with Gasteiger partial charge in [0.2, 0.25) is 0 Å². The molecular weight excluding hydrogens is 398 g/mol. The van der Waals surface area contributed by atoms with Crippen molar-refractivity contribution < 1.29 is 14.3 Å². The number of anilines is 1. The second-order valence-electron chi connectivity index (χ2n) is 6.69. The molecule has 7 heteroatoms. The fourth-order valence-electron chi connectivity index (χ4n) is 3.39. The molecule has 152 valence electrons. The van der Waals surface area contributed by atoms with Gasteiger partial charge in [-0.15, -0.1) is 0 Å². The quantitative estimate of drug-likeness (QED) is 0.673. The van der Waals surface area contributed by atoms with Crippen molar-refractivity contribution in [1.29, 1.82) is 0 Å². The number of aromatic nitrogens is 1. The SMILES string of the molecule is CCN1C(=O)c2cccnc2Sc2cc(CNC(=O)c3ccccc3OC)ccc21. The number of para-hydroxylation sites is 1. The summed E-state index contributed by atoms with van der Waals surface area (Å²) in [6.45, 7) is 2.87. The van der Waals surface area contributed by atoms with Crippen LogP contribution in [0.4, 0.5) is 5.69 Å². The maximum Gasteiger partial charge on any atom is 0.261 e. The minimum absolute atomic E-state index is 0.0518. The van der Waals surface area contributed by atoms with Crippen molar-refractivity contribution in [1.82, 2.24) is 10.3 Å². The van der Waals surface area contributed by atoms with E-state index in [0.717, 1.165) is 16.1 Å². The van der Waals surface area contributed by atoms with E-state index in [4.69, 9.17) is 4.74 Å². The predicted molar refractivity (Wildman–Crippen MR) is 116 cm³/mol. The lowest BCUT2D eigenvalue weighted by Crippen LogP contribution is -2.30. The zero-order valence-corrected chi connectivity index (χ0v) is 17.5. The number of benzene rings is 2. The smallest absolute Gasteiger partial charge is 0.261 e. The molecule has 0 saturated carbocycles. The number of hydrogen-bond acceptors (Lipinski definition) is 5. The number of rotatable bonds is 5. The standard InChI is InChI=1S/C23H21N3O3S/c1-3-26-18-11-10-15(14-25-21(27)16-7-4-5-9-19(16)29-2)13-20(18)30-22-17(23(26)28)8-6-12-24-22/h4-13H,3,14H2,1-2H3,(H,25,27). The van der Waals surface area contributed by atoms with Gasteiger partial charge in [0.25, 0.3) is 11.8 Å². The van der Waals surface area contributed by atoms with Gasteiger partial charge in [-0.25, -0.2) is 4.98 Å². The lowest BCUT2D eigenvalue weighted by molar-refractivity contribution is 0.0946. The highest BCUT2D eigenvalue weighted by molar-refractivity contribution is 7.99. The van der Waals surface area contributed by atoms with E-state index in [1.165, 1.54) is 11.8 Å². The van der Waals surface area contributed by atoms with E-state index < -0.39 is 0 Å².